The van der Waals surface area contributed by atoms with Crippen LogP contribution < -0.4 is 10.6 Å². The van der Waals surface area contributed by atoms with E-state index < -0.39 is 0 Å². The minimum atomic E-state index is -0.0691. The van der Waals surface area contributed by atoms with Gasteiger partial charge in [-0.05, 0) is 86.7 Å². The number of hydrogen-bond donors (Lipinski definition) is 2. The van der Waals surface area contributed by atoms with Crippen LogP contribution in [0.15, 0.2) is 36.4 Å². The Hall–Kier alpha value is -2.47. The monoisotopic (exact) mass is 447 g/mol. The summed E-state index contributed by atoms with van der Waals surface area (Å²) in [4.78, 5) is 13.9. The van der Waals surface area contributed by atoms with Gasteiger partial charge in [0.05, 0.1) is 5.69 Å². The first-order valence-electron chi connectivity index (χ1n) is 12.8. The van der Waals surface area contributed by atoms with E-state index >= 15 is 0 Å². The summed E-state index contributed by atoms with van der Waals surface area (Å²) in [6.07, 6.45) is 11.4. The number of carbonyl (C=O) groups excluding carboxylic acids is 1. The molecular formula is C27H37N5O. The molecule has 6 nitrogen and oxygen atoms in total. The van der Waals surface area contributed by atoms with E-state index in [4.69, 9.17) is 0 Å². The normalized spacial score (nSPS) is 22.8. The molecule has 3 aliphatic rings. The Balaban J connectivity index is 1.06. The van der Waals surface area contributed by atoms with E-state index in [1.54, 1.807) is 0 Å². The summed E-state index contributed by atoms with van der Waals surface area (Å²) < 4.78 is 0. The molecule has 1 spiro atoms. The predicted molar refractivity (Wildman–Crippen MR) is 133 cm³/mol. The number of hydrogen-bond acceptors (Lipinski definition) is 5. The van der Waals surface area contributed by atoms with E-state index in [0.717, 1.165) is 41.1 Å². The number of benzene rings is 1. The molecule has 1 aromatic carbocycles. The van der Waals surface area contributed by atoms with Crippen LogP contribution in [0.3, 0.4) is 0 Å². The highest BCUT2D eigenvalue weighted by Crippen LogP contribution is 2.59. The predicted octanol–water partition coefficient (Wildman–Crippen LogP) is 5.20. The summed E-state index contributed by atoms with van der Waals surface area (Å²) in [5.74, 6) is 2.52. The molecule has 0 bridgehead atoms. The first-order chi connectivity index (χ1) is 16.1. The average molecular weight is 448 g/mol. The highest BCUT2D eigenvalue weighted by atomic mass is 16.1. The van der Waals surface area contributed by atoms with Crippen molar-refractivity contribution < 1.29 is 4.79 Å². The fourth-order valence-corrected chi connectivity index (χ4v) is 5.98. The van der Waals surface area contributed by atoms with E-state index in [0.29, 0.717) is 5.41 Å². The van der Waals surface area contributed by atoms with Gasteiger partial charge in [-0.15, -0.1) is 10.2 Å². The zero-order valence-electron chi connectivity index (χ0n) is 19.9. The molecule has 1 aliphatic heterocycles. The molecule has 1 amide bonds. The molecule has 2 heterocycles. The van der Waals surface area contributed by atoms with Gasteiger partial charge in [0, 0.05) is 31.3 Å². The molecule has 2 aromatic rings. The second-order valence-corrected chi connectivity index (χ2v) is 10.5. The van der Waals surface area contributed by atoms with Crippen LogP contribution in [0.4, 0.5) is 11.5 Å². The van der Waals surface area contributed by atoms with Crippen LogP contribution in [-0.2, 0) is 4.79 Å². The maximum Gasteiger partial charge on any atom is 0.221 e. The topological polar surface area (TPSA) is 70.2 Å². The molecule has 2 aliphatic carbocycles. The quantitative estimate of drug-likeness (QED) is 0.611. The Bertz CT molecular complexity index is 928. The summed E-state index contributed by atoms with van der Waals surface area (Å²) in [6.45, 7) is 6.44. The van der Waals surface area contributed by atoms with Crippen molar-refractivity contribution in [3.8, 4) is 11.3 Å². The molecular weight excluding hydrogens is 410 g/mol. The second kappa shape index (κ2) is 9.80. The molecule has 2 saturated carbocycles. The van der Waals surface area contributed by atoms with Gasteiger partial charge in [-0.2, -0.15) is 0 Å². The maximum absolute atomic E-state index is 11.2. The van der Waals surface area contributed by atoms with Gasteiger partial charge in [0.15, 0.2) is 0 Å². The molecule has 1 saturated heterocycles. The molecule has 1 aromatic heterocycles. The van der Waals surface area contributed by atoms with E-state index in [9.17, 15) is 4.79 Å². The van der Waals surface area contributed by atoms with Gasteiger partial charge >= 0.3 is 0 Å². The smallest absolute Gasteiger partial charge is 0.221 e. The lowest BCUT2D eigenvalue weighted by molar-refractivity contribution is -0.114. The standard InChI is InChI=1S/C27H37N5O/c1-20(33)29-24-9-7-22(8-10-24)25-11-12-26(31-30-25)28-18-23-17-27(23)13-15-32(16-14-27)19-21-5-3-2-4-6-21/h7-12,21,23H,2-6,13-19H2,1H3,(H,28,31)(H,29,33)/t23-/m1/s1. The number of nitrogens with one attached hydrogen (secondary N) is 2. The fourth-order valence-electron chi connectivity index (χ4n) is 5.98. The van der Waals surface area contributed by atoms with Gasteiger partial charge in [0.2, 0.25) is 5.91 Å². The molecule has 2 N–H and O–H groups in total. The number of likely N-dealkylation sites (tertiary alicyclic amines) is 1. The minimum absolute atomic E-state index is 0.0691. The largest absolute Gasteiger partial charge is 0.368 e. The Morgan fingerprint density at radius 1 is 1.03 bits per heavy atom. The van der Waals surface area contributed by atoms with Crippen molar-refractivity contribution in [2.24, 2.45) is 17.3 Å². The third kappa shape index (κ3) is 5.55. The molecule has 1 atom stereocenters. The molecule has 176 valence electrons. The zero-order valence-corrected chi connectivity index (χ0v) is 19.9. The Kier molecular flexibility index (Phi) is 6.63. The van der Waals surface area contributed by atoms with Crippen LogP contribution in [-0.4, -0.2) is 47.2 Å². The van der Waals surface area contributed by atoms with Crippen LogP contribution in [0.5, 0.6) is 0 Å². The number of anilines is 2. The number of carbonyl (C=O) groups is 1. The summed E-state index contributed by atoms with van der Waals surface area (Å²) in [6, 6.07) is 11.7. The molecule has 0 radical (unpaired) electrons. The van der Waals surface area contributed by atoms with Crippen LogP contribution in [0.25, 0.3) is 11.3 Å². The first kappa shape index (κ1) is 22.3. The number of piperidine rings is 1. The highest BCUT2D eigenvalue weighted by Gasteiger charge is 2.54. The number of rotatable bonds is 7. The third-order valence-corrected chi connectivity index (χ3v) is 8.15. The lowest BCUT2D eigenvalue weighted by Crippen LogP contribution is -2.39. The Morgan fingerprint density at radius 2 is 1.79 bits per heavy atom. The van der Waals surface area contributed by atoms with Gasteiger partial charge < -0.3 is 15.5 Å². The Morgan fingerprint density at radius 3 is 2.45 bits per heavy atom. The molecule has 33 heavy (non-hydrogen) atoms. The van der Waals surface area contributed by atoms with Crippen LogP contribution in [0.1, 0.15) is 58.3 Å². The lowest BCUT2D eigenvalue weighted by atomic mass is 9.86. The van der Waals surface area contributed by atoms with Crippen molar-refractivity contribution in [3.05, 3.63) is 36.4 Å². The SMILES string of the molecule is CC(=O)Nc1ccc(-c2ccc(NC[C@H]3CC34CCN(CC3CCCCC3)CC4)nn2)cc1. The number of nitrogens with zero attached hydrogens (tertiary/aromatic N) is 3. The van der Waals surface area contributed by atoms with Gasteiger partial charge in [-0.1, -0.05) is 31.4 Å². The van der Waals surface area contributed by atoms with Crippen molar-refractivity contribution in [3.63, 3.8) is 0 Å². The number of amides is 1. The van der Waals surface area contributed by atoms with Crippen molar-refractivity contribution >= 4 is 17.4 Å². The Labute approximate surface area is 197 Å². The van der Waals surface area contributed by atoms with E-state index in [2.05, 4.69) is 25.7 Å². The van der Waals surface area contributed by atoms with Gasteiger partial charge in [-0.25, -0.2) is 0 Å². The van der Waals surface area contributed by atoms with Crippen molar-refractivity contribution in [1.29, 1.82) is 0 Å². The molecule has 3 fully saturated rings. The minimum Gasteiger partial charge on any atom is -0.368 e. The van der Waals surface area contributed by atoms with Crippen molar-refractivity contribution in [1.82, 2.24) is 15.1 Å². The highest BCUT2D eigenvalue weighted by molar-refractivity contribution is 5.88. The molecule has 0 unspecified atom stereocenters. The number of aromatic nitrogens is 2. The lowest BCUT2D eigenvalue weighted by Gasteiger charge is -2.36. The van der Waals surface area contributed by atoms with Crippen molar-refractivity contribution in [2.45, 2.75) is 58.3 Å². The summed E-state index contributed by atoms with van der Waals surface area (Å²) in [7, 11) is 0. The van der Waals surface area contributed by atoms with Gasteiger partial charge in [0.1, 0.15) is 5.82 Å². The maximum atomic E-state index is 11.2. The van der Waals surface area contributed by atoms with Gasteiger partial charge in [-0.3, -0.25) is 4.79 Å². The zero-order chi connectivity index (χ0) is 22.7. The van der Waals surface area contributed by atoms with Crippen molar-refractivity contribution in [2.75, 3.05) is 36.8 Å². The summed E-state index contributed by atoms with van der Waals surface area (Å²) in [5.41, 5.74) is 3.20. The van der Waals surface area contributed by atoms with Crippen LogP contribution in [0, 0.1) is 17.3 Å². The van der Waals surface area contributed by atoms with E-state index in [1.807, 2.05) is 36.4 Å². The van der Waals surface area contributed by atoms with Crippen LogP contribution >= 0.6 is 0 Å². The van der Waals surface area contributed by atoms with Gasteiger partial charge in [0.25, 0.3) is 0 Å². The summed E-state index contributed by atoms with van der Waals surface area (Å²) >= 11 is 0. The molecule has 5 rings (SSSR count). The second-order valence-electron chi connectivity index (χ2n) is 10.5. The van der Waals surface area contributed by atoms with E-state index in [-0.39, 0.29) is 5.91 Å². The third-order valence-electron chi connectivity index (χ3n) is 8.15. The molecule has 6 heteroatoms. The first-order valence-corrected chi connectivity index (χ1v) is 12.8. The fraction of sp³-hybridized carbons (Fsp3) is 0.593. The van der Waals surface area contributed by atoms with Crippen LogP contribution in [0.2, 0.25) is 0 Å². The van der Waals surface area contributed by atoms with E-state index in [1.165, 1.54) is 77.9 Å². The average Bonchev–Trinajstić information content (AvgIpc) is 3.52. The summed E-state index contributed by atoms with van der Waals surface area (Å²) in [5, 5.41) is 15.1.